The van der Waals surface area contributed by atoms with E-state index in [0.717, 1.165) is 5.56 Å². The molecule has 0 bridgehead atoms. The SMILES string of the molecule is C=C=CC(O)(CCl)c1ccccc1. The lowest BCUT2D eigenvalue weighted by molar-refractivity contribution is 0.115. The van der Waals surface area contributed by atoms with Crippen LogP contribution < -0.4 is 0 Å². The van der Waals surface area contributed by atoms with Crippen molar-refractivity contribution in [2.75, 3.05) is 5.88 Å². The van der Waals surface area contributed by atoms with Gasteiger partial charge in [0.25, 0.3) is 0 Å². The zero-order valence-corrected chi connectivity index (χ0v) is 7.96. The highest BCUT2D eigenvalue weighted by atomic mass is 35.5. The molecule has 0 aliphatic carbocycles. The molecule has 1 N–H and O–H groups in total. The van der Waals surface area contributed by atoms with Crippen LogP contribution in [0.15, 0.2) is 48.7 Å². The van der Waals surface area contributed by atoms with E-state index in [1.54, 1.807) is 0 Å². The summed E-state index contributed by atoms with van der Waals surface area (Å²) < 4.78 is 0. The van der Waals surface area contributed by atoms with Crippen LogP contribution in [-0.4, -0.2) is 11.0 Å². The van der Waals surface area contributed by atoms with E-state index in [1.807, 2.05) is 30.3 Å². The lowest BCUT2D eigenvalue weighted by atomic mass is 9.96. The molecule has 0 amide bonds. The number of alkyl halides is 1. The van der Waals surface area contributed by atoms with Crippen LogP contribution >= 0.6 is 11.6 Å². The largest absolute Gasteiger partial charge is 0.379 e. The summed E-state index contributed by atoms with van der Waals surface area (Å²) in [6, 6.07) is 9.22. The molecule has 0 fully saturated rings. The molecular weight excluding hydrogens is 184 g/mol. The first-order valence-electron chi connectivity index (χ1n) is 3.94. The highest BCUT2D eigenvalue weighted by Crippen LogP contribution is 2.23. The van der Waals surface area contributed by atoms with Crippen LogP contribution in [0.2, 0.25) is 0 Å². The van der Waals surface area contributed by atoms with Crippen LogP contribution in [0.1, 0.15) is 5.56 Å². The summed E-state index contributed by atoms with van der Waals surface area (Å²) in [5, 5.41) is 10.0. The summed E-state index contributed by atoms with van der Waals surface area (Å²) in [5.41, 5.74) is 2.15. The molecule has 0 aliphatic rings. The summed E-state index contributed by atoms with van der Waals surface area (Å²) in [6.07, 6.45) is 1.47. The van der Waals surface area contributed by atoms with Gasteiger partial charge >= 0.3 is 0 Å². The van der Waals surface area contributed by atoms with Crippen molar-refractivity contribution in [2.45, 2.75) is 5.60 Å². The van der Waals surface area contributed by atoms with Crippen molar-refractivity contribution in [1.29, 1.82) is 0 Å². The van der Waals surface area contributed by atoms with E-state index in [2.05, 4.69) is 12.3 Å². The van der Waals surface area contributed by atoms with Gasteiger partial charge in [-0.15, -0.1) is 17.3 Å². The van der Waals surface area contributed by atoms with Crippen LogP contribution in [0.5, 0.6) is 0 Å². The average molecular weight is 195 g/mol. The van der Waals surface area contributed by atoms with Crippen molar-refractivity contribution in [1.82, 2.24) is 0 Å². The normalized spacial score (nSPS) is 14.3. The first kappa shape index (κ1) is 10.1. The Hall–Kier alpha value is -1.01. The zero-order chi connectivity index (χ0) is 9.73. The van der Waals surface area contributed by atoms with Gasteiger partial charge in [-0.1, -0.05) is 36.9 Å². The number of rotatable bonds is 3. The Labute approximate surface area is 83.0 Å². The van der Waals surface area contributed by atoms with Crippen molar-refractivity contribution in [3.05, 3.63) is 54.3 Å². The molecule has 1 aromatic rings. The van der Waals surface area contributed by atoms with Gasteiger partial charge in [-0.3, -0.25) is 0 Å². The van der Waals surface area contributed by atoms with E-state index in [-0.39, 0.29) is 5.88 Å². The summed E-state index contributed by atoms with van der Waals surface area (Å²) in [4.78, 5) is 0. The quantitative estimate of drug-likeness (QED) is 0.579. The van der Waals surface area contributed by atoms with Gasteiger partial charge < -0.3 is 5.11 Å². The van der Waals surface area contributed by atoms with Gasteiger partial charge in [0.2, 0.25) is 0 Å². The van der Waals surface area contributed by atoms with Gasteiger partial charge in [-0.05, 0) is 11.6 Å². The molecule has 0 heterocycles. The van der Waals surface area contributed by atoms with Crippen molar-refractivity contribution in [2.24, 2.45) is 0 Å². The monoisotopic (exact) mass is 194 g/mol. The second kappa shape index (κ2) is 4.29. The van der Waals surface area contributed by atoms with Gasteiger partial charge in [-0.25, -0.2) is 0 Å². The molecule has 0 spiro atoms. The highest BCUT2D eigenvalue weighted by molar-refractivity contribution is 6.18. The third kappa shape index (κ3) is 2.22. The fourth-order valence-corrected chi connectivity index (χ4v) is 1.33. The molecule has 1 rings (SSSR count). The lowest BCUT2D eigenvalue weighted by Gasteiger charge is -2.20. The zero-order valence-electron chi connectivity index (χ0n) is 7.20. The molecule has 13 heavy (non-hydrogen) atoms. The summed E-state index contributed by atoms with van der Waals surface area (Å²) in [7, 11) is 0. The minimum absolute atomic E-state index is 0.0968. The topological polar surface area (TPSA) is 20.2 Å². The van der Waals surface area contributed by atoms with Crippen LogP contribution in [0, 0.1) is 0 Å². The Bertz CT molecular complexity index is 314. The second-order valence-corrected chi connectivity index (χ2v) is 3.04. The smallest absolute Gasteiger partial charge is 0.128 e. The average Bonchev–Trinajstić information content (AvgIpc) is 2.19. The Kier molecular flexibility index (Phi) is 3.32. The molecule has 1 nitrogen and oxygen atoms in total. The number of aliphatic hydroxyl groups is 1. The molecule has 0 radical (unpaired) electrons. The summed E-state index contributed by atoms with van der Waals surface area (Å²) in [6.45, 7) is 3.42. The second-order valence-electron chi connectivity index (χ2n) is 2.77. The van der Waals surface area contributed by atoms with E-state index in [0.29, 0.717) is 0 Å². The van der Waals surface area contributed by atoms with Crippen LogP contribution in [0.4, 0.5) is 0 Å². The van der Waals surface area contributed by atoms with E-state index in [1.165, 1.54) is 6.08 Å². The molecule has 0 aromatic heterocycles. The number of hydrogen-bond donors (Lipinski definition) is 1. The number of hydrogen-bond acceptors (Lipinski definition) is 1. The minimum Gasteiger partial charge on any atom is -0.379 e. The Morgan fingerprint density at radius 2 is 2.08 bits per heavy atom. The van der Waals surface area contributed by atoms with Crippen molar-refractivity contribution in [3.63, 3.8) is 0 Å². The molecule has 0 saturated carbocycles. The molecule has 0 saturated heterocycles. The van der Waals surface area contributed by atoms with Crippen LogP contribution in [0.3, 0.4) is 0 Å². The van der Waals surface area contributed by atoms with E-state index in [9.17, 15) is 5.11 Å². The number of benzene rings is 1. The highest BCUT2D eigenvalue weighted by Gasteiger charge is 2.24. The van der Waals surface area contributed by atoms with Gasteiger partial charge in [0, 0.05) is 0 Å². The summed E-state index contributed by atoms with van der Waals surface area (Å²) >= 11 is 5.67. The van der Waals surface area contributed by atoms with Gasteiger partial charge in [0.05, 0.1) is 5.88 Å². The molecular formula is C11H11ClO. The molecule has 1 aromatic carbocycles. The van der Waals surface area contributed by atoms with Crippen molar-refractivity contribution < 1.29 is 5.11 Å². The van der Waals surface area contributed by atoms with Crippen molar-refractivity contribution >= 4 is 11.6 Å². The van der Waals surface area contributed by atoms with Gasteiger partial charge in [-0.2, -0.15) is 0 Å². The predicted octanol–water partition coefficient (Wildman–Crippen LogP) is 2.45. The fraction of sp³-hybridized carbons (Fsp3) is 0.182. The fourth-order valence-electron chi connectivity index (χ4n) is 1.09. The third-order valence-electron chi connectivity index (χ3n) is 1.82. The molecule has 1 atom stereocenters. The van der Waals surface area contributed by atoms with Crippen LogP contribution in [-0.2, 0) is 5.60 Å². The Morgan fingerprint density at radius 3 is 2.54 bits per heavy atom. The maximum absolute atomic E-state index is 10.0. The van der Waals surface area contributed by atoms with E-state index < -0.39 is 5.60 Å². The predicted molar refractivity (Wildman–Crippen MR) is 54.8 cm³/mol. The van der Waals surface area contributed by atoms with Gasteiger partial charge in [0.15, 0.2) is 0 Å². The summed E-state index contributed by atoms with van der Waals surface area (Å²) in [5.74, 6) is 0.0968. The van der Waals surface area contributed by atoms with E-state index in [4.69, 9.17) is 11.6 Å². The molecule has 0 aliphatic heterocycles. The first-order chi connectivity index (χ1) is 6.23. The Morgan fingerprint density at radius 1 is 1.46 bits per heavy atom. The number of halogens is 1. The first-order valence-corrected chi connectivity index (χ1v) is 4.47. The minimum atomic E-state index is -1.15. The Balaban J connectivity index is 3.10. The van der Waals surface area contributed by atoms with Crippen molar-refractivity contribution in [3.8, 4) is 0 Å². The maximum atomic E-state index is 10.0. The third-order valence-corrected chi connectivity index (χ3v) is 2.23. The van der Waals surface area contributed by atoms with Gasteiger partial charge in [0.1, 0.15) is 5.60 Å². The molecule has 68 valence electrons. The van der Waals surface area contributed by atoms with E-state index >= 15 is 0 Å². The standard InChI is InChI=1S/C11H11ClO/c1-2-8-11(13,9-12)10-6-4-3-5-7-10/h3-8,13H,1,9H2. The molecule has 1 unspecified atom stereocenters. The lowest BCUT2D eigenvalue weighted by Crippen LogP contribution is -2.24. The van der Waals surface area contributed by atoms with Crippen LogP contribution in [0.25, 0.3) is 0 Å². The molecule has 2 heteroatoms. The maximum Gasteiger partial charge on any atom is 0.128 e.